The van der Waals surface area contributed by atoms with Gasteiger partial charge in [-0.2, -0.15) is 11.8 Å². The molecule has 102 valence electrons. The Kier molecular flexibility index (Phi) is 6.90. The Hall–Kier alpha value is 0.270. The molecule has 0 aromatic rings. The standard InChI is InChI=1S/C14H30N2S/c1-6-12(7-2)14(16(4)5)9-15-13-8-11(3)17-10-13/h11-15H,6-10H2,1-5H3. The first-order valence-corrected chi connectivity index (χ1v) is 8.14. The van der Waals surface area contributed by atoms with E-state index in [1.807, 2.05) is 0 Å². The van der Waals surface area contributed by atoms with E-state index in [9.17, 15) is 0 Å². The zero-order valence-corrected chi connectivity index (χ0v) is 13.0. The summed E-state index contributed by atoms with van der Waals surface area (Å²) in [6.07, 6.45) is 3.92. The lowest BCUT2D eigenvalue weighted by atomic mass is 9.93. The predicted molar refractivity (Wildman–Crippen MR) is 79.9 cm³/mol. The van der Waals surface area contributed by atoms with Crippen LogP contribution in [0.5, 0.6) is 0 Å². The van der Waals surface area contributed by atoms with E-state index in [1.54, 1.807) is 0 Å². The maximum atomic E-state index is 3.78. The van der Waals surface area contributed by atoms with Crippen molar-refractivity contribution in [1.29, 1.82) is 0 Å². The van der Waals surface area contributed by atoms with Crippen molar-refractivity contribution in [3.8, 4) is 0 Å². The van der Waals surface area contributed by atoms with Crippen LogP contribution in [0.1, 0.15) is 40.0 Å². The Balaban J connectivity index is 2.38. The maximum absolute atomic E-state index is 3.78. The van der Waals surface area contributed by atoms with Gasteiger partial charge < -0.3 is 10.2 Å². The second-order valence-electron chi connectivity index (χ2n) is 5.59. The summed E-state index contributed by atoms with van der Waals surface area (Å²) < 4.78 is 0. The Bertz CT molecular complexity index is 204. The third-order valence-corrected chi connectivity index (χ3v) is 5.43. The van der Waals surface area contributed by atoms with Crippen LogP contribution < -0.4 is 5.32 Å². The summed E-state index contributed by atoms with van der Waals surface area (Å²) in [6, 6.07) is 1.43. The molecule has 0 saturated carbocycles. The van der Waals surface area contributed by atoms with E-state index in [2.05, 4.69) is 56.8 Å². The van der Waals surface area contributed by atoms with Crippen molar-refractivity contribution < 1.29 is 0 Å². The van der Waals surface area contributed by atoms with Crippen molar-refractivity contribution in [3.05, 3.63) is 0 Å². The summed E-state index contributed by atoms with van der Waals surface area (Å²) in [5, 5.41) is 4.63. The molecular formula is C14H30N2S. The van der Waals surface area contributed by atoms with E-state index >= 15 is 0 Å². The fourth-order valence-corrected chi connectivity index (χ4v) is 4.03. The molecule has 1 aliphatic rings. The summed E-state index contributed by atoms with van der Waals surface area (Å²) in [4.78, 5) is 2.40. The fraction of sp³-hybridized carbons (Fsp3) is 1.00. The third-order valence-electron chi connectivity index (χ3n) is 4.07. The third kappa shape index (κ3) is 4.80. The normalized spacial score (nSPS) is 27.0. The van der Waals surface area contributed by atoms with Gasteiger partial charge in [-0.25, -0.2) is 0 Å². The number of nitrogens with one attached hydrogen (secondary N) is 1. The van der Waals surface area contributed by atoms with Crippen LogP contribution in [0, 0.1) is 5.92 Å². The largest absolute Gasteiger partial charge is 0.312 e. The first-order valence-electron chi connectivity index (χ1n) is 7.09. The molecule has 3 heteroatoms. The van der Waals surface area contributed by atoms with Crippen LogP contribution in [0.3, 0.4) is 0 Å². The zero-order valence-electron chi connectivity index (χ0n) is 12.2. The van der Waals surface area contributed by atoms with Gasteiger partial charge in [-0.3, -0.25) is 0 Å². The molecule has 3 atom stereocenters. The van der Waals surface area contributed by atoms with Gasteiger partial charge in [0.2, 0.25) is 0 Å². The highest BCUT2D eigenvalue weighted by Gasteiger charge is 2.25. The Morgan fingerprint density at radius 2 is 1.94 bits per heavy atom. The first kappa shape index (κ1) is 15.3. The van der Waals surface area contributed by atoms with Crippen LogP contribution >= 0.6 is 11.8 Å². The number of hydrogen-bond acceptors (Lipinski definition) is 3. The Morgan fingerprint density at radius 3 is 2.35 bits per heavy atom. The van der Waals surface area contributed by atoms with Crippen molar-refractivity contribution in [2.24, 2.45) is 5.92 Å². The van der Waals surface area contributed by atoms with E-state index < -0.39 is 0 Å². The minimum atomic E-state index is 0.686. The van der Waals surface area contributed by atoms with Gasteiger partial charge in [-0.1, -0.05) is 33.6 Å². The van der Waals surface area contributed by atoms with E-state index in [0.717, 1.165) is 23.8 Å². The number of hydrogen-bond donors (Lipinski definition) is 1. The van der Waals surface area contributed by atoms with E-state index in [1.165, 1.54) is 25.0 Å². The van der Waals surface area contributed by atoms with Gasteiger partial charge in [0.25, 0.3) is 0 Å². The molecule has 17 heavy (non-hydrogen) atoms. The molecule has 1 saturated heterocycles. The van der Waals surface area contributed by atoms with Gasteiger partial charge in [0, 0.05) is 29.6 Å². The Labute approximate surface area is 112 Å². The number of nitrogens with zero attached hydrogens (tertiary/aromatic N) is 1. The van der Waals surface area contributed by atoms with Gasteiger partial charge in [0.1, 0.15) is 0 Å². The van der Waals surface area contributed by atoms with Crippen LogP contribution in [0.25, 0.3) is 0 Å². The molecule has 1 fully saturated rings. The average Bonchev–Trinajstić information content (AvgIpc) is 2.70. The molecule has 2 nitrogen and oxygen atoms in total. The van der Waals surface area contributed by atoms with Gasteiger partial charge in [0.15, 0.2) is 0 Å². The van der Waals surface area contributed by atoms with Crippen molar-refractivity contribution in [1.82, 2.24) is 10.2 Å². The lowest BCUT2D eigenvalue weighted by Crippen LogP contribution is -2.46. The van der Waals surface area contributed by atoms with Crippen LogP contribution in [0.2, 0.25) is 0 Å². The topological polar surface area (TPSA) is 15.3 Å². The summed E-state index contributed by atoms with van der Waals surface area (Å²) in [6.45, 7) is 8.13. The van der Waals surface area contributed by atoms with E-state index in [-0.39, 0.29) is 0 Å². The van der Waals surface area contributed by atoms with Crippen LogP contribution in [-0.4, -0.2) is 48.6 Å². The number of likely N-dealkylation sites (N-methyl/N-ethyl adjacent to an activating group) is 1. The predicted octanol–water partition coefficient (Wildman–Crippen LogP) is 2.84. The summed E-state index contributed by atoms with van der Waals surface area (Å²) in [7, 11) is 4.44. The molecule has 0 spiro atoms. The van der Waals surface area contributed by atoms with Crippen molar-refractivity contribution in [2.75, 3.05) is 26.4 Å². The van der Waals surface area contributed by atoms with Crippen molar-refractivity contribution in [2.45, 2.75) is 57.4 Å². The Morgan fingerprint density at radius 1 is 1.29 bits per heavy atom. The highest BCUT2D eigenvalue weighted by Crippen LogP contribution is 2.26. The molecular weight excluding hydrogens is 228 g/mol. The quantitative estimate of drug-likeness (QED) is 0.756. The highest BCUT2D eigenvalue weighted by atomic mass is 32.2. The monoisotopic (exact) mass is 258 g/mol. The van der Waals surface area contributed by atoms with Crippen LogP contribution in [-0.2, 0) is 0 Å². The molecule has 1 N–H and O–H groups in total. The fourth-order valence-electron chi connectivity index (χ4n) is 2.85. The molecule has 0 aromatic heterocycles. The molecule has 1 heterocycles. The first-order chi connectivity index (χ1) is 8.08. The van der Waals surface area contributed by atoms with Crippen LogP contribution in [0.4, 0.5) is 0 Å². The number of rotatable bonds is 7. The highest BCUT2D eigenvalue weighted by molar-refractivity contribution is 8.00. The molecule has 1 rings (SSSR count). The summed E-state index contributed by atoms with van der Waals surface area (Å²) >= 11 is 2.11. The molecule has 1 aliphatic heterocycles. The summed E-state index contributed by atoms with van der Waals surface area (Å²) in [5.74, 6) is 2.12. The second-order valence-corrected chi connectivity index (χ2v) is 7.06. The van der Waals surface area contributed by atoms with Gasteiger partial charge in [-0.15, -0.1) is 0 Å². The molecule has 3 unspecified atom stereocenters. The average molecular weight is 258 g/mol. The second kappa shape index (κ2) is 7.65. The zero-order chi connectivity index (χ0) is 12.8. The molecule has 0 aliphatic carbocycles. The number of thioether (sulfide) groups is 1. The van der Waals surface area contributed by atoms with Gasteiger partial charge >= 0.3 is 0 Å². The molecule has 0 bridgehead atoms. The van der Waals surface area contributed by atoms with E-state index in [4.69, 9.17) is 0 Å². The SMILES string of the molecule is CCC(CC)C(CNC1CSC(C)C1)N(C)C. The lowest BCUT2D eigenvalue weighted by molar-refractivity contribution is 0.190. The van der Waals surface area contributed by atoms with E-state index in [0.29, 0.717) is 6.04 Å². The summed E-state index contributed by atoms with van der Waals surface area (Å²) in [5.41, 5.74) is 0. The van der Waals surface area contributed by atoms with Crippen molar-refractivity contribution in [3.63, 3.8) is 0 Å². The van der Waals surface area contributed by atoms with Crippen molar-refractivity contribution >= 4 is 11.8 Å². The molecule has 0 radical (unpaired) electrons. The molecule has 0 aromatic carbocycles. The lowest BCUT2D eigenvalue weighted by Gasteiger charge is -2.32. The minimum Gasteiger partial charge on any atom is -0.312 e. The van der Waals surface area contributed by atoms with Crippen LogP contribution in [0.15, 0.2) is 0 Å². The minimum absolute atomic E-state index is 0.686. The maximum Gasteiger partial charge on any atom is 0.0242 e. The van der Waals surface area contributed by atoms with Gasteiger partial charge in [-0.05, 0) is 26.4 Å². The van der Waals surface area contributed by atoms with Gasteiger partial charge in [0.05, 0.1) is 0 Å². The smallest absolute Gasteiger partial charge is 0.0242 e. The molecule has 0 amide bonds.